The van der Waals surface area contributed by atoms with E-state index in [0.717, 1.165) is 6.42 Å². The number of hydrogen-bond acceptors (Lipinski definition) is 1. The third kappa shape index (κ3) is 3.09. The monoisotopic (exact) mass is 229 g/mol. The fourth-order valence-electron chi connectivity index (χ4n) is 2.46. The first kappa shape index (κ1) is 12.2. The number of nitrogens with one attached hydrogen (secondary N) is 1. The summed E-state index contributed by atoms with van der Waals surface area (Å²) in [7, 11) is 0. The van der Waals surface area contributed by atoms with Gasteiger partial charge in [0.05, 0.1) is 0 Å². The molecule has 0 spiro atoms. The summed E-state index contributed by atoms with van der Waals surface area (Å²) in [5, 5.41) is 3.12. The van der Waals surface area contributed by atoms with Crippen molar-refractivity contribution < 1.29 is 4.79 Å². The molecule has 0 saturated heterocycles. The molecule has 0 unspecified atom stereocenters. The van der Waals surface area contributed by atoms with E-state index in [1.54, 1.807) is 18.2 Å². The van der Waals surface area contributed by atoms with Gasteiger partial charge in [0.1, 0.15) is 0 Å². The maximum atomic E-state index is 12.0. The van der Waals surface area contributed by atoms with Gasteiger partial charge < -0.3 is 5.32 Å². The van der Waals surface area contributed by atoms with Crippen LogP contribution in [0.25, 0.3) is 0 Å². The Morgan fingerprint density at radius 3 is 2.82 bits per heavy atom. The molecule has 1 aromatic carbocycles. The normalized spacial score (nSPS) is 24.4. The standard InChI is InChI=1S/C15H19NO/c1-11-6-5-8-13(10-11)15(17)16-14-9-4-3-7-12(14)2/h1,5-6,8,10,12,14H,3-4,7,9H2,2H3,(H,16,17)/t12-,14+/m0/s1. The van der Waals surface area contributed by atoms with Crippen LogP contribution in [0.1, 0.15) is 48.5 Å². The summed E-state index contributed by atoms with van der Waals surface area (Å²) in [6.07, 6.45) is 4.80. The van der Waals surface area contributed by atoms with Gasteiger partial charge in [-0.05, 0) is 43.4 Å². The topological polar surface area (TPSA) is 29.1 Å². The Balaban J connectivity index is 2.01. The average Bonchev–Trinajstić information content (AvgIpc) is 2.32. The van der Waals surface area contributed by atoms with Gasteiger partial charge in [-0.15, -0.1) is 0 Å². The van der Waals surface area contributed by atoms with Crippen LogP contribution in [-0.2, 0) is 0 Å². The second kappa shape index (κ2) is 5.35. The second-order valence-corrected chi connectivity index (χ2v) is 4.97. The lowest BCUT2D eigenvalue weighted by Crippen LogP contribution is -2.41. The van der Waals surface area contributed by atoms with E-state index in [9.17, 15) is 4.79 Å². The minimum atomic E-state index is -0.00366. The van der Waals surface area contributed by atoms with Crippen molar-refractivity contribution in [1.82, 2.24) is 5.32 Å². The Kier molecular flexibility index (Phi) is 3.82. The van der Waals surface area contributed by atoms with Gasteiger partial charge in [-0.25, -0.2) is 0 Å². The van der Waals surface area contributed by atoms with Gasteiger partial charge >= 0.3 is 0 Å². The maximum absolute atomic E-state index is 12.0. The molecule has 0 aliphatic heterocycles. The minimum absolute atomic E-state index is 0.00366. The van der Waals surface area contributed by atoms with Gasteiger partial charge in [0, 0.05) is 11.6 Å². The van der Waals surface area contributed by atoms with Gasteiger partial charge in [-0.2, -0.15) is 0 Å². The molecule has 90 valence electrons. The van der Waals surface area contributed by atoms with Gasteiger partial charge in [-0.1, -0.05) is 31.9 Å². The molecule has 17 heavy (non-hydrogen) atoms. The maximum Gasteiger partial charge on any atom is 0.251 e. The molecule has 0 heterocycles. The Bertz CT molecular complexity index is 400. The van der Waals surface area contributed by atoms with E-state index in [2.05, 4.69) is 12.2 Å². The number of hydrogen-bond donors (Lipinski definition) is 1. The fraction of sp³-hybridized carbons (Fsp3) is 0.467. The molecule has 2 atom stereocenters. The first-order valence-electron chi connectivity index (χ1n) is 6.33. The molecule has 2 rings (SSSR count). The zero-order valence-electron chi connectivity index (χ0n) is 10.3. The first-order chi connectivity index (χ1) is 8.16. The molecule has 2 heteroatoms. The van der Waals surface area contributed by atoms with Crippen molar-refractivity contribution in [1.29, 1.82) is 0 Å². The highest BCUT2D eigenvalue weighted by molar-refractivity contribution is 5.94. The zero-order valence-corrected chi connectivity index (χ0v) is 10.3. The highest BCUT2D eigenvalue weighted by Crippen LogP contribution is 2.24. The fourth-order valence-corrected chi connectivity index (χ4v) is 2.46. The van der Waals surface area contributed by atoms with Crippen LogP contribution in [0.15, 0.2) is 24.3 Å². The van der Waals surface area contributed by atoms with Crippen LogP contribution in [0.3, 0.4) is 0 Å². The molecule has 1 fully saturated rings. The van der Waals surface area contributed by atoms with E-state index in [-0.39, 0.29) is 5.91 Å². The molecule has 0 aromatic heterocycles. The molecule has 1 aliphatic rings. The molecule has 1 N–H and O–H groups in total. The summed E-state index contributed by atoms with van der Waals surface area (Å²) in [6, 6.07) is 7.45. The number of amides is 1. The van der Waals surface area contributed by atoms with Crippen molar-refractivity contribution in [2.75, 3.05) is 0 Å². The number of benzene rings is 1. The molecule has 1 amide bonds. The summed E-state index contributed by atoms with van der Waals surface area (Å²) in [5.74, 6) is 0.574. The third-order valence-electron chi connectivity index (χ3n) is 3.58. The Morgan fingerprint density at radius 2 is 2.12 bits per heavy atom. The van der Waals surface area contributed by atoms with Crippen LogP contribution in [0.2, 0.25) is 0 Å². The highest BCUT2D eigenvalue weighted by Gasteiger charge is 2.23. The Labute approximate surface area is 103 Å². The van der Waals surface area contributed by atoms with E-state index in [1.165, 1.54) is 19.3 Å². The third-order valence-corrected chi connectivity index (χ3v) is 3.58. The molecule has 2 radical (unpaired) electrons. The summed E-state index contributed by atoms with van der Waals surface area (Å²) >= 11 is 0. The van der Waals surface area contributed by atoms with Crippen molar-refractivity contribution in [2.45, 2.75) is 38.6 Å². The van der Waals surface area contributed by atoms with Crippen molar-refractivity contribution >= 4 is 5.91 Å². The summed E-state index contributed by atoms with van der Waals surface area (Å²) < 4.78 is 0. The largest absolute Gasteiger partial charge is 0.349 e. The predicted octanol–water partition coefficient (Wildman–Crippen LogP) is 3.05. The smallest absolute Gasteiger partial charge is 0.251 e. The minimum Gasteiger partial charge on any atom is -0.349 e. The van der Waals surface area contributed by atoms with E-state index in [1.807, 2.05) is 6.07 Å². The van der Waals surface area contributed by atoms with Crippen molar-refractivity contribution in [3.8, 4) is 0 Å². The van der Waals surface area contributed by atoms with Crippen LogP contribution in [-0.4, -0.2) is 11.9 Å². The van der Waals surface area contributed by atoms with Crippen molar-refractivity contribution in [3.05, 3.63) is 42.3 Å². The average molecular weight is 229 g/mol. The molecule has 1 aliphatic carbocycles. The van der Waals surface area contributed by atoms with Crippen LogP contribution in [0, 0.1) is 12.8 Å². The lowest BCUT2D eigenvalue weighted by molar-refractivity contribution is 0.0910. The summed E-state index contributed by atoms with van der Waals surface area (Å²) in [4.78, 5) is 12.0. The van der Waals surface area contributed by atoms with E-state index < -0.39 is 0 Å². The van der Waals surface area contributed by atoms with E-state index >= 15 is 0 Å². The Hall–Kier alpha value is -1.31. The first-order valence-corrected chi connectivity index (χ1v) is 6.33. The van der Waals surface area contributed by atoms with Gasteiger partial charge in [0.25, 0.3) is 5.91 Å². The number of carbonyl (C=O) groups excluding carboxylic acids is 1. The zero-order chi connectivity index (χ0) is 12.3. The Morgan fingerprint density at radius 1 is 1.35 bits per heavy atom. The number of carbonyl (C=O) groups is 1. The van der Waals surface area contributed by atoms with Gasteiger partial charge in [0.15, 0.2) is 0 Å². The van der Waals surface area contributed by atoms with Crippen LogP contribution in [0.5, 0.6) is 0 Å². The van der Waals surface area contributed by atoms with Gasteiger partial charge in [-0.3, -0.25) is 4.79 Å². The second-order valence-electron chi connectivity index (χ2n) is 4.97. The molecular weight excluding hydrogens is 210 g/mol. The lowest BCUT2D eigenvalue weighted by Gasteiger charge is -2.29. The van der Waals surface area contributed by atoms with Crippen LogP contribution in [0.4, 0.5) is 0 Å². The highest BCUT2D eigenvalue weighted by atomic mass is 16.1. The van der Waals surface area contributed by atoms with Crippen molar-refractivity contribution in [3.63, 3.8) is 0 Å². The quantitative estimate of drug-likeness (QED) is 0.829. The predicted molar refractivity (Wildman–Crippen MR) is 68.7 cm³/mol. The molecule has 1 aromatic rings. The summed E-state index contributed by atoms with van der Waals surface area (Å²) in [6.45, 7) is 7.89. The van der Waals surface area contributed by atoms with E-state index in [4.69, 9.17) is 6.92 Å². The number of rotatable bonds is 2. The molecule has 2 nitrogen and oxygen atoms in total. The van der Waals surface area contributed by atoms with Crippen LogP contribution < -0.4 is 5.32 Å². The molecular formula is C15H19NO. The molecule has 1 saturated carbocycles. The van der Waals surface area contributed by atoms with Crippen LogP contribution >= 0.6 is 0 Å². The van der Waals surface area contributed by atoms with Gasteiger partial charge in [0.2, 0.25) is 0 Å². The van der Waals surface area contributed by atoms with Crippen molar-refractivity contribution in [2.24, 2.45) is 5.92 Å². The molecule has 0 bridgehead atoms. The van der Waals surface area contributed by atoms with E-state index in [0.29, 0.717) is 23.1 Å². The lowest BCUT2D eigenvalue weighted by atomic mass is 9.86. The summed E-state index contributed by atoms with van der Waals surface area (Å²) in [5.41, 5.74) is 1.29. The SMILES string of the molecule is [CH]c1cccc(C(=O)N[C@@H]2CCCC[C@@H]2C)c1.